The van der Waals surface area contributed by atoms with E-state index in [2.05, 4.69) is 34.7 Å². The van der Waals surface area contributed by atoms with Gasteiger partial charge in [0.15, 0.2) is 0 Å². The smallest absolute Gasteiger partial charge is 0.107 e. The average Bonchev–Trinajstić information content (AvgIpc) is 2.95. The highest BCUT2D eigenvalue weighted by atomic mass is 32.1. The molecule has 0 bridgehead atoms. The lowest BCUT2D eigenvalue weighted by molar-refractivity contribution is 0.797. The fourth-order valence-electron chi connectivity index (χ4n) is 2.32. The first-order chi connectivity index (χ1) is 9.17. The number of aryl methyl sites for hydroxylation is 2. The van der Waals surface area contributed by atoms with Crippen molar-refractivity contribution < 1.29 is 0 Å². The van der Waals surface area contributed by atoms with Gasteiger partial charge in [-0.2, -0.15) is 0 Å². The maximum Gasteiger partial charge on any atom is 0.107 e. The van der Waals surface area contributed by atoms with Crippen molar-refractivity contribution in [2.45, 2.75) is 26.8 Å². The van der Waals surface area contributed by atoms with E-state index in [0.717, 1.165) is 35.5 Å². The van der Waals surface area contributed by atoms with E-state index >= 15 is 0 Å². The van der Waals surface area contributed by atoms with Crippen LogP contribution in [0.3, 0.4) is 0 Å². The SMILES string of the molecule is CCc1ccc(Cn2c(C)nc3cc(N)ccc32)s1. The second-order valence-corrected chi connectivity index (χ2v) is 5.97. The number of hydrogen-bond donors (Lipinski definition) is 1. The van der Waals surface area contributed by atoms with Crippen LogP contribution in [0.15, 0.2) is 30.3 Å². The molecule has 2 N–H and O–H groups in total. The van der Waals surface area contributed by atoms with Crippen molar-refractivity contribution in [1.29, 1.82) is 0 Å². The van der Waals surface area contributed by atoms with Gasteiger partial charge < -0.3 is 10.3 Å². The highest BCUT2D eigenvalue weighted by Gasteiger charge is 2.09. The van der Waals surface area contributed by atoms with E-state index in [-0.39, 0.29) is 0 Å². The predicted molar refractivity (Wildman–Crippen MR) is 81.7 cm³/mol. The van der Waals surface area contributed by atoms with Gasteiger partial charge in [-0.25, -0.2) is 4.98 Å². The topological polar surface area (TPSA) is 43.8 Å². The number of rotatable bonds is 3. The number of imidazole rings is 1. The first kappa shape index (κ1) is 12.2. The molecule has 3 aromatic rings. The van der Waals surface area contributed by atoms with Crippen LogP contribution < -0.4 is 5.73 Å². The Morgan fingerprint density at radius 3 is 2.74 bits per heavy atom. The number of anilines is 1. The Hall–Kier alpha value is -1.81. The molecular weight excluding hydrogens is 254 g/mol. The van der Waals surface area contributed by atoms with Crippen molar-refractivity contribution in [1.82, 2.24) is 9.55 Å². The molecule has 1 aromatic carbocycles. The number of fused-ring (bicyclic) bond motifs is 1. The van der Waals surface area contributed by atoms with Gasteiger partial charge in [0.25, 0.3) is 0 Å². The number of nitrogens with two attached hydrogens (primary N) is 1. The molecular formula is C15H17N3S. The summed E-state index contributed by atoms with van der Waals surface area (Å²) < 4.78 is 2.25. The van der Waals surface area contributed by atoms with Crippen LogP contribution in [0, 0.1) is 6.92 Å². The van der Waals surface area contributed by atoms with E-state index in [0.29, 0.717) is 0 Å². The van der Waals surface area contributed by atoms with Crippen LogP contribution in [0.25, 0.3) is 11.0 Å². The van der Waals surface area contributed by atoms with Gasteiger partial charge in [0.05, 0.1) is 17.6 Å². The fraction of sp³-hybridized carbons (Fsp3) is 0.267. The summed E-state index contributed by atoms with van der Waals surface area (Å²) in [5.41, 5.74) is 8.70. The van der Waals surface area contributed by atoms with Crippen LogP contribution in [0.1, 0.15) is 22.5 Å². The summed E-state index contributed by atoms with van der Waals surface area (Å²) in [5, 5.41) is 0. The Morgan fingerprint density at radius 1 is 1.21 bits per heavy atom. The van der Waals surface area contributed by atoms with Crippen LogP contribution in [0.2, 0.25) is 0 Å². The third-order valence-corrected chi connectivity index (χ3v) is 4.56. The molecule has 0 aliphatic rings. The van der Waals surface area contributed by atoms with Crippen molar-refractivity contribution in [3.05, 3.63) is 45.9 Å². The summed E-state index contributed by atoms with van der Waals surface area (Å²) in [5.74, 6) is 1.03. The van der Waals surface area contributed by atoms with E-state index in [1.165, 1.54) is 9.75 Å². The number of thiophene rings is 1. The lowest BCUT2D eigenvalue weighted by Gasteiger charge is -2.05. The number of nitrogens with zero attached hydrogens (tertiary/aromatic N) is 2. The zero-order valence-corrected chi connectivity index (χ0v) is 12.0. The number of aromatic nitrogens is 2. The lowest BCUT2D eigenvalue weighted by atomic mass is 10.3. The molecule has 0 aliphatic heterocycles. The van der Waals surface area contributed by atoms with E-state index < -0.39 is 0 Å². The Kier molecular flexibility index (Phi) is 3.03. The Morgan fingerprint density at radius 2 is 2.00 bits per heavy atom. The second-order valence-electron chi connectivity index (χ2n) is 4.71. The standard InChI is InChI=1S/C15H17N3S/c1-3-12-5-6-13(19-12)9-18-10(2)17-14-8-11(16)4-7-15(14)18/h4-8H,3,9,16H2,1-2H3. The largest absolute Gasteiger partial charge is 0.399 e. The van der Waals surface area contributed by atoms with Crippen LogP contribution in [-0.4, -0.2) is 9.55 Å². The minimum Gasteiger partial charge on any atom is -0.399 e. The molecule has 4 heteroatoms. The van der Waals surface area contributed by atoms with Crippen LogP contribution in [-0.2, 0) is 13.0 Å². The molecule has 0 unspecified atom stereocenters. The molecule has 0 aliphatic carbocycles. The molecule has 0 spiro atoms. The molecule has 0 amide bonds. The summed E-state index contributed by atoms with van der Waals surface area (Å²) in [7, 11) is 0. The molecule has 0 radical (unpaired) electrons. The molecule has 2 aromatic heterocycles. The normalized spacial score (nSPS) is 11.3. The Labute approximate surface area is 116 Å². The number of nitrogen functional groups attached to an aromatic ring is 1. The molecule has 19 heavy (non-hydrogen) atoms. The Balaban J connectivity index is 2.02. The minimum absolute atomic E-state index is 0.765. The zero-order chi connectivity index (χ0) is 13.4. The van der Waals surface area contributed by atoms with Gasteiger partial charge in [0.2, 0.25) is 0 Å². The predicted octanol–water partition coefficient (Wildman–Crippen LogP) is 3.60. The first-order valence-corrected chi connectivity index (χ1v) is 7.29. The van der Waals surface area contributed by atoms with Crippen LogP contribution >= 0.6 is 11.3 Å². The van der Waals surface area contributed by atoms with Crippen molar-refractivity contribution in [2.75, 3.05) is 5.73 Å². The van der Waals surface area contributed by atoms with Gasteiger partial charge in [-0.05, 0) is 43.7 Å². The lowest BCUT2D eigenvalue weighted by Crippen LogP contribution is -2.00. The van der Waals surface area contributed by atoms with E-state index in [1.54, 1.807) is 0 Å². The Bertz CT molecular complexity index is 724. The summed E-state index contributed by atoms with van der Waals surface area (Å²) in [6, 6.07) is 10.4. The third-order valence-electron chi connectivity index (χ3n) is 3.34. The highest BCUT2D eigenvalue weighted by molar-refractivity contribution is 7.11. The number of hydrogen-bond acceptors (Lipinski definition) is 3. The van der Waals surface area contributed by atoms with E-state index in [1.807, 2.05) is 30.4 Å². The summed E-state index contributed by atoms with van der Waals surface area (Å²) in [6.07, 6.45) is 1.10. The van der Waals surface area contributed by atoms with Crippen LogP contribution in [0.5, 0.6) is 0 Å². The molecule has 0 fully saturated rings. The van der Waals surface area contributed by atoms with E-state index in [4.69, 9.17) is 5.73 Å². The minimum atomic E-state index is 0.765. The second kappa shape index (κ2) is 4.70. The van der Waals surface area contributed by atoms with Crippen molar-refractivity contribution >= 4 is 28.1 Å². The zero-order valence-electron chi connectivity index (χ0n) is 11.2. The molecule has 3 nitrogen and oxygen atoms in total. The molecule has 2 heterocycles. The molecule has 98 valence electrons. The third kappa shape index (κ3) is 2.24. The summed E-state index contributed by atoms with van der Waals surface area (Å²) in [4.78, 5) is 7.39. The van der Waals surface area contributed by atoms with Gasteiger partial charge >= 0.3 is 0 Å². The maximum absolute atomic E-state index is 5.81. The monoisotopic (exact) mass is 271 g/mol. The van der Waals surface area contributed by atoms with E-state index in [9.17, 15) is 0 Å². The van der Waals surface area contributed by atoms with Gasteiger partial charge in [0.1, 0.15) is 5.82 Å². The van der Waals surface area contributed by atoms with Crippen LogP contribution in [0.4, 0.5) is 5.69 Å². The maximum atomic E-state index is 5.81. The molecule has 0 saturated heterocycles. The summed E-state index contributed by atoms with van der Waals surface area (Å²) >= 11 is 1.88. The molecule has 3 rings (SSSR count). The van der Waals surface area contributed by atoms with Gasteiger partial charge in [-0.3, -0.25) is 0 Å². The number of benzene rings is 1. The highest BCUT2D eigenvalue weighted by Crippen LogP contribution is 2.23. The van der Waals surface area contributed by atoms with Gasteiger partial charge in [-0.1, -0.05) is 6.92 Å². The van der Waals surface area contributed by atoms with Gasteiger partial charge in [0, 0.05) is 15.4 Å². The molecule has 0 atom stereocenters. The first-order valence-electron chi connectivity index (χ1n) is 6.47. The summed E-state index contributed by atoms with van der Waals surface area (Å²) in [6.45, 7) is 5.12. The molecule has 0 saturated carbocycles. The van der Waals surface area contributed by atoms with Crippen molar-refractivity contribution in [3.8, 4) is 0 Å². The van der Waals surface area contributed by atoms with Gasteiger partial charge in [-0.15, -0.1) is 11.3 Å². The fourth-order valence-corrected chi connectivity index (χ4v) is 3.27. The average molecular weight is 271 g/mol. The van der Waals surface area contributed by atoms with Crippen molar-refractivity contribution in [3.63, 3.8) is 0 Å². The van der Waals surface area contributed by atoms with Crippen molar-refractivity contribution in [2.24, 2.45) is 0 Å². The quantitative estimate of drug-likeness (QED) is 0.740.